The number of anilines is 2. The van der Waals surface area contributed by atoms with Gasteiger partial charge < -0.3 is 11.1 Å². The molecule has 134 valence electrons. The average molecular weight is 375 g/mol. The van der Waals surface area contributed by atoms with Gasteiger partial charge in [-0.1, -0.05) is 25.4 Å². The first kappa shape index (κ1) is 17.8. The highest BCUT2D eigenvalue weighted by atomic mass is 35.5. The van der Waals surface area contributed by atoms with Gasteiger partial charge in [-0.2, -0.15) is 10.2 Å². The summed E-state index contributed by atoms with van der Waals surface area (Å²) in [5.74, 6) is -0.942. The summed E-state index contributed by atoms with van der Waals surface area (Å²) in [7, 11) is 0. The lowest BCUT2D eigenvalue weighted by Crippen LogP contribution is -2.16. The van der Waals surface area contributed by atoms with Crippen molar-refractivity contribution in [3.8, 4) is 5.82 Å². The van der Waals surface area contributed by atoms with E-state index in [2.05, 4.69) is 20.5 Å². The summed E-state index contributed by atoms with van der Waals surface area (Å²) in [6.45, 7) is 3.83. The van der Waals surface area contributed by atoms with Gasteiger partial charge in [-0.05, 0) is 29.7 Å². The summed E-state index contributed by atoms with van der Waals surface area (Å²) in [6, 6.07) is 4.10. The molecule has 0 fully saturated rings. The predicted octanol–water partition coefficient (Wildman–Crippen LogP) is 3.41. The number of halogens is 2. The molecule has 0 saturated carbocycles. The van der Waals surface area contributed by atoms with Crippen molar-refractivity contribution >= 4 is 28.9 Å². The second-order valence-electron chi connectivity index (χ2n) is 5.92. The Labute approximate surface area is 154 Å². The third kappa shape index (κ3) is 3.50. The number of carbonyl (C=O) groups is 1. The van der Waals surface area contributed by atoms with Crippen molar-refractivity contribution in [2.75, 3.05) is 11.1 Å². The second-order valence-corrected chi connectivity index (χ2v) is 6.32. The van der Waals surface area contributed by atoms with Crippen molar-refractivity contribution in [1.82, 2.24) is 20.0 Å². The topological polar surface area (TPSA) is 98.7 Å². The molecule has 2 heterocycles. The minimum absolute atomic E-state index is 0.0547. The SMILES string of the molecule is CC(C)c1cc(C(=O)Nc2cnc(-n3nccn3)c(Cl)c2)c(F)cc1N. The number of amides is 1. The Kier molecular flexibility index (Phi) is 4.85. The molecule has 1 amide bonds. The molecular formula is C17H16ClFN6O. The Balaban J connectivity index is 1.87. The first-order chi connectivity index (χ1) is 12.4. The third-order valence-electron chi connectivity index (χ3n) is 3.73. The molecule has 0 spiro atoms. The lowest BCUT2D eigenvalue weighted by molar-refractivity contribution is 0.102. The Morgan fingerprint density at radius 3 is 2.58 bits per heavy atom. The van der Waals surface area contributed by atoms with E-state index in [1.807, 2.05) is 13.8 Å². The van der Waals surface area contributed by atoms with E-state index in [-0.39, 0.29) is 16.5 Å². The normalized spacial score (nSPS) is 11.0. The molecular weight excluding hydrogens is 359 g/mol. The van der Waals surface area contributed by atoms with Gasteiger partial charge in [-0.15, -0.1) is 4.80 Å². The zero-order valence-corrected chi connectivity index (χ0v) is 14.8. The maximum atomic E-state index is 14.2. The van der Waals surface area contributed by atoms with Crippen molar-refractivity contribution < 1.29 is 9.18 Å². The summed E-state index contributed by atoms with van der Waals surface area (Å²) in [5.41, 5.74) is 7.05. The lowest BCUT2D eigenvalue weighted by atomic mass is 9.98. The number of hydrogen-bond donors (Lipinski definition) is 2. The second kappa shape index (κ2) is 7.09. The molecule has 3 N–H and O–H groups in total. The number of hydrogen-bond acceptors (Lipinski definition) is 5. The molecule has 0 aliphatic heterocycles. The highest BCUT2D eigenvalue weighted by Crippen LogP contribution is 2.26. The van der Waals surface area contributed by atoms with Crippen LogP contribution in [0, 0.1) is 5.82 Å². The Morgan fingerprint density at radius 2 is 1.96 bits per heavy atom. The van der Waals surface area contributed by atoms with Crippen molar-refractivity contribution in [3.05, 3.63) is 58.8 Å². The van der Waals surface area contributed by atoms with Crippen LogP contribution in [-0.2, 0) is 0 Å². The number of nitrogen functional groups attached to an aromatic ring is 1. The van der Waals surface area contributed by atoms with Gasteiger partial charge in [0.1, 0.15) is 5.82 Å². The van der Waals surface area contributed by atoms with Gasteiger partial charge in [0.05, 0.1) is 34.9 Å². The predicted molar refractivity (Wildman–Crippen MR) is 97.0 cm³/mol. The molecule has 0 radical (unpaired) electrons. The first-order valence-corrected chi connectivity index (χ1v) is 8.17. The Morgan fingerprint density at radius 1 is 1.27 bits per heavy atom. The van der Waals surface area contributed by atoms with Crippen LogP contribution in [0.3, 0.4) is 0 Å². The van der Waals surface area contributed by atoms with Crippen molar-refractivity contribution in [3.63, 3.8) is 0 Å². The van der Waals surface area contributed by atoms with Crippen LogP contribution in [0.4, 0.5) is 15.8 Å². The fraction of sp³-hybridized carbons (Fsp3) is 0.176. The first-order valence-electron chi connectivity index (χ1n) is 7.79. The van der Waals surface area contributed by atoms with Crippen molar-refractivity contribution in [2.45, 2.75) is 19.8 Å². The summed E-state index contributed by atoms with van der Waals surface area (Å²) < 4.78 is 14.2. The van der Waals surface area contributed by atoms with Crippen LogP contribution in [0.15, 0.2) is 36.8 Å². The monoisotopic (exact) mass is 374 g/mol. The maximum Gasteiger partial charge on any atom is 0.258 e. The molecule has 0 saturated heterocycles. The minimum Gasteiger partial charge on any atom is -0.398 e. The van der Waals surface area contributed by atoms with Gasteiger partial charge in [0.15, 0.2) is 5.82 Å². The minimum atomic E-state index is -0.694. The summed E-state index contributed by atoms with van der Waals surface area (Å²) in [4.78, 5) is 17.8. The van der Waals surface area contributed by atoms with E-state index in [9.17, 15) is 9.18 Å². The Hall–Kier alpha value is -3.00. The van der Waals surface area contributed by atoms with E-state index in [0.717, 1.165) is 6.07 Å². The fourth-order valence-corrected chi connectivity index (χ4v) is 2.69. The van der Waals surface area contributed by atoms with Gasteiger partial charge in [0, 0.05) is 5.69 Å². The zero-order valence-electron chi connectivity index (χ0n) is 14.1. The lowest BCUT2D eigenvalue weighted by Gasteiger charge is -2.13. The van der Waals surface area contributed by atoms with E-state index in [1.165, 1.54) is 35.5 Å². The third-order valence-corrected chi connectivity index (χ3v) is 4.01. The summed E-state index contributed by atoms with van der Waals surface area (Å²) >= 11 is 6.16. The molecule has 26 heavy (non-hydrogen) atoms. The number of benzene rings is 1. The molecule has 3 aromatic rings. The van der Waals surface area contributed by atoms with Crippen molar-refractivity contribution in [2.24, 2.45) is 0 Å². The van der Waals surface area contributed by atoms with Crippen molar-refractivity contribution in [1.29, 1.82) is 0 Å². The number of rotatable bonds is 4. The Bertz CT molecular complexity index is 958. The number of carbonyl (C=O) groups excluding carboxylic acids is 1. The van der Waals surface area contributed by atoms with E-state index >= 15 is 0 Å². The smallest absolute Gasteiger partial charge is 0.258 e. The van der Waals surface area contributed by atoms with Crippen LogP contribution in [0.5, 0.6) is 0 Å². The molecule has 0 bridgehead atoms. The van der Waals surface area contributed by atoms with Crippen LogP contribution in [-0.4, -0.2) is 25.9 Å². The molecule has 0 aliphatic rings. The van der Waals surface area contributed by atoms with E-state index in [1.54, 1.807) is 0 Å². The van der Waals surface area contributed by atoms with Crippen LogP contribution < -0.4 is 11.1 Å². The number of aromatic nitrogens is 4. The van der Waals surface area contributed by atoms with Crippen LogP contribution >= 0.6 is 11.6 Å². The number of nitrogens with two attached hydrogens (primary N) is 1. The highest BCUT2D eigenvalue weighted by Gasteiger charge is 2.17. The number of pyridine rings is 1. The standard InChI is InChI=1S/C17H16ClFN6O/c1-9(2)11-6-12(14(19)7-15(11)20)17(26)24-10-5-13(18)16(21-8-10)25-22-3-4-23-25/h3-9H,20H2,1-2H3,(H,24,26). The quantitative estimate of drug-likeness (QED) is 0.682. The molecule has 0 aliphatic carbocycles. The van der Waals surface area contributed by atoms with Gasteiger partial charge in [0.25, 0.3) is 5.91 Å². The van der Waals surface area contributed by atoms with E-state index < -0.39 is 11.7 Å². The highest BCUT2D eigenvalue weighted by molar-refractivity contribution is 6.32. The molecule has 7 nitrogen and oxygen atoms in total. The van der Waals surface area contributed by atoms with Gasteiger partial charge >= 0.3 is 0 Å². The summed E-state index contributed by atoms with van der Waals surface area (Å²) in [6.07, 6.45) is 4.37. The van der Waals surface area contributed by atoms with E-state index in [0.29, 0.717) is 22.8 Å². The summed E-state index contributed by atoms with van der Waals surface area (Å²) in [5, 5.41) is 10.7. The van der Waals surface area contributed by atoms with Gasteiger partial charge in [-0.25, -0.2) is 9.37 Å². The van der Waals surface area contributed by atoms with Crippen LogP contribution in [0.1, 0.15) is 35.7 Å². The van der Waals surface area contributed by atoms with Gasteiger partial charge in [-0.3, -0.25) is 4.79 Å². The molecule has 2 aromatic heterocycles. The molecule has 1 aromatic carbocycles. The fourth-order valence-electron chi connectivity index (χ4n) is 2.45. The molecule has 0 atom stereocenters. The average Bonchev–Trinajstić information content (AvgIpc) is 3.08. The van der Waals surface area contributed by atoms with Crippen LogP contribution in [0.25, 0.3) is 5.82 Å². The van der Waals surface area contributed by atoms with Crippen LogP contribution in [0.2, 0.25) is 5.02 Å². The number of nitrogens with one attached hydrogen (secondary N) is 1. The molecule has 9 heteroatoms. The maximum absolute atomic E-state index is 14.2. The number of nitrogens with zero attached hydrogens (tertiary/aromatic N) is 4. The molecule has 3 rings (SSSR count). The largest absolute Gasteiger partial charge is 0.398 e. The zero-order chi connectivity index (χ0) is 18.8. The van der Waals surface area contributed by atoms with E-state index in [4.69, 9.17) is 17.3 Å². The van der Waals surface area contributed by atoms with Gasteiger partial charge in [0.2, 0.25) is 0 Å². The molecule has 0 unspecified atom stereocenters.